The highest BCUT2D eigenvalue weighted by Crippen LogP contribution is 2.25. The first kappa shape index (κ1) is 14.0. The molecule has 5 nitrogen and oxygen atoms in total. The maximum absolute atomic E-state index is 11.9. The number of hydrogen-bond acceptors (Lipinski definition) is 4. The van der Waals surface area contributed by atoms with E-state index >= 15 is 0 Å². The Morgan fingerprint density at radius 2 is 2.37 bits per heavy atom. The fourth-order valence-electron chi connectivity index (χ4n) is 2.68. The second-order valence-corrected chi connectivity index (χ2v) is 5.61. The van der Waals surface area contributed by atoms with Gasteiger partial charge >= 0.3 is 0 Å². The van der Waals surface area contributed by atoms with Gasteiger partial charge in [-0.2, -0.15) is 0 Å². The molecular weight excluding hydrogens is 242 g/mol. The largest absolute Gasteiger partial charge is 0.361 e. The lowest BCUT2D eigenvalue weighted by Crippen LogP contribution is -2.39. The number of rotatable bonds is 5. The summed E-state index contributed by atoms with van der Waals surface area (Å²) in [5.41, 5.74) is 0. The monoisotopic (exact) mass is 265 g/mol. The lowest BCUT2D eigenvalue weighted by molar-refractivity contribution is -0.136. The van der Waals surface area contributed by atoms with Crippen LogP contribution in [0.25, 0.3) is 0 Å². The molecule has 0 aromatic rings. The van der Waals surface area contributed by atoms with Crippen LogP contribution in [-0.2, 0) is 9.59 Å². The second-order valence-electron chi connectivity index (χ2n) is 5.61. The van der Waals surface area contributed by atoms with Crippen molar-refractivity contribution >= 4 is 18.0 Å². The van der Waals surface area contributed by atoms with Crippen LogP contribution in [0.2, 0.25) is 0 Å². The maximum Gasteiger partial charge on any atom is 0.230 e. The molecule has 2 unspecified atom stereocenters. The molecule has 0 aromatic carbocycles. The number of carbonyl (C=O) groups excluding carboxylic acids is 2. The Kier molecular flexibility index (Phi) is 4.93. The van der Waals surface area contributed by atoms with Gasteiger partial charge < -0.3 is 10.2 Å². The van der Waals surface area contributed by atoms with Gasteiger partial charge in [0.2, 0.25) is 5.91 Å². The van der Waals surface area contributed by atoms with Gasteiger partial charge in [-0.05, 0) is 25.2 Å². The number of carbonyl (C=O) groups is 2. The smallest absolute Gasteiger partial charge is 0.230 e. The highest BCUT2D eigenvalue weighted by atomic mass is 16.2. The molecule has 1 aliphatic heterocycles. The quantitative estimate of drug-likeness (QED) is 0.592. The third kappa shape index (κ3) is 4.04. The predicted molar refractivity (Wildman–Crippen MR) is 74.1 cm³/mol. The standard InChI is InChI=1S/C14H23N3O2/c1-11-3-4-12(13(18)9-11)14(19)16-5-2-7-17-8-6-15-10-17/h10-12H,2-9H2,1H3,(H,16,19). The molecule has 0 bridgehead atoms. The van der Waals surface area contributed by atoms with Gasteiger partial charge in [-0.1, -0.05) is 6.92 Å². The molecule has 2 aliphatic rings. The zero-order chi connectivity index (χ0) is 13.7. The number of nitrogens with one attached hydrogen (secondary N) is 1. The molecule has 106 valence electrons. The van der Waals surface area contributed by atoms with Gasteiger partial charge in [0, 0.05) is 26.1 Å². The van der Waals surface area contributed by atoms with E-state index in [4.69, 9.17) is 0 Å². The summed E-state index contributed by atoms with van der Waals surface area (Å²) < 4.78 is 0. The third-order valence-electron chi connectivity index (χ3n) is 3.89. The molecule has 2 atom stereocenters. The molecule has 5 heteroatoms. The Balaban J connectivity index is 1.63. The van der Waals surface area contributed by atoms with E-state index in [1.54, 1.807) is 0 Å². The van der Waals surface area contributed by atoms with Crippen LogP contribution >= 0.6 is 0 Å². The lowest BCUT2D eigenvalue weighted by atomic mass is 9.81. The summed E-state index contributed by atoms with van der Waals surface area (Å²) >= 11 is 0. The van der Waals surface area contributed by atoms with Crippen LogP contribution in [0.4, 0.5) is 0 Å². The summed E-state index contributed by atoms with van der Waals surface area (Å²) in [6, 6.07) is 0. The number of Topliss-reactive ketones (excluding diaryl/α,β-unsaturated/α-hetero) is 1. The molecule has 0 aromatic heterocycles. The molecule has 19 heavy (non-hydrogen) atoms. The van der Waals surface area contributed by atoms with E-state index in [9.17, 15) is 9.59 Å². The van der Waals surface area contributed by atoms with Crippen molar-refractivity contribution in [2.24, 2.45) is 16.8 Å². The lowest BCUT2D eigenvalue weighted by Gasteiger charge is -2.24. The van der Waals surface area contributed by atoms with E-state index in [1.807, 2.05) is 6.34 Å². The van der Waals surface area contributed by atoms with E-state index in [1.165, 1.54) is 0 Å². The maximum atomic E-state index is 11.9. The summed E-state index contributed by atoms with van der Waals surface area (Å²) in [6.07, 6.45) is 5.02. The van der Waals surface area contributed by atoms with Gasteiger partial charge in [0.05, 0.1) is 18.8 Å². The molecule has 0 saturated heterocycles. The van der Waals surface area contributed by atoms with Crippen molar-refractivity contribution in [1.29, 1.82) is 0 Å². The number of hydrogen-bond donors (Lipinski definition) is 1. The summed E-state index contributed by atoms with van der Waals surface area (Å²) in [4.78, 5) is 30.0. The van der Waals surface area contributed by atoms with Crippen LogP contribution in [-0.4, -0.2) is 49.1 Å². The van der Waals surface area contributed by atoms with Crippen molar-refractivity contribution in [2.45, 2.75) is 32.6 Å². The van der Waals surface area contributed by atoms with Crippen LogP contribution in [0.3, 0.4) is 0 Å². The fraction of sp³-hybridized carbons (Fsp3) is 0.786. The first-order valence-electron chi connectivity index (χ1n) is 7.21. The average Bonchev–Trinajstić information content (AvgIpc) is 2.87. The van der Waals surface area contributed by atoms with Crippen molar-refractivity contribution in [3.63, 3.8) is 0 Å². The first-order valence-corrected chi connectivity index (χ1v) is 7.21. The number of amides is 1. The third-order valence-corrected chi connectivity index (χ3v) is 3.89. The van der Waals surface area contributed by atoms with Gasteiger partial charge in [0.15, 0.2) is 0 Å². The van der Waals surface area contributed by atoms with Crippen molar-refractivity contribution in [1.82, 2.24) is 10.2 Å². The summed E-state index contributed by atoms with van der Waals surface area (Å²) in [7, 11) is 0. The Morgan fingerprint density at radius 3 is 3.05 bits per heavy atom. The molecule has 1 fully saturated rings. The van der Waals surface area contributed by atoms with Crippen molar-refractivity contribution < 1.29 is 9.59 Å². The van der Waals surface area contributed by atoms with Gasteiger partial charge in [-0.3, -0.25) is 14.6 Å². The number of ketones is 1. The molecule has 1 heterocycles. The highest BCUT2D eigenvalue weighted by Gasteiger charge is 2.31. The zero-order valence-electron chi connectivity index (χ0n) is 11.6. The summed E-state index contributed by atoms with van der Waals surface area (Å²) in [6.45, 7) is 5.49. The minimum atomic E-state index is -0.399. The molecule has 1 aliphatic carbocycles. The molecule has 1 amide bonds. The zero-order valence-corrected chi connectivity index (χ0v) is 11.6. The topological polar surface area (TPSA) is 61.8 Å². The van der Waals surface area contributed by atoms with Crippen LogP contribution in [0.1, 0.15) is 32.6 Å². The van der Waals surface area contributed by atoms with Crippen LogP contribution in [0.5, 0.6) is 0 Å². The van der Waals surface area contributed by atoms with Gasteiger partial charge in [-0.25, -0.2) is 0 Å². The van der Waals surface area contributed by atoms with Crippen molar-refractivity contribution in [3.05, 3.63) is 0 Å². The second kappa shape index (κ2) is 6.68. The van der Waals surface area contributed by atoms with Gasteiger partial charge in [0.25, 0.3) is 0 Å². The predicted octanol–water partition coefficient (Wildman–Crippen LogP) is 0.842. The number of nitrogens with zero attached hydrogens (tertiary/aromatic N) is 2. The first-order chi connectivity index (χ1) is 9.16. The normalized spacial score (nSPS) is 26.8. The Hall–Kier alpha value is -1.39. The van der Waals surface area contributed by atoms with Crippen molar-refractivity contribution in [3.8, 4) is 0 Å². The molecular formula is C14H23N3O2. The van der Waals surface area contributed by atoms with Crippen LogP contribution in [0.15, 0.2) is 4.99 Å². The Morgan fingerprint density at radius 1 is 1.53 bits per heavy atom. The number of aliphatic imine (C=N–C) groups is 1. The van der Waals surface area contributed by atoms with E-state index in [2.05, 4.69) is 22.1 Å². The molecule has 1 N–H and O–H groups in total. The summed E-state index contributed by atoms with van der Waals surface area (Å²) in [5, 5.41) is 2.89. The minimum absolute atomic E-state index is 0.0769. The fourth-order valence-corrected chi connectivity index (χ4v) is 2.68. The van der Waals surface area contributed by atoms with Gasteiger partial charge in [0.1, 0.15) is 5.78 Å². The summed E-state index contributed by atoms with van der Waals surface area (Å²) in [5.74, 6) is 0.0745. The molecule has 0 spiro atoms. The average molecular weight is 265 g/mol. The van der Waals surface area contributed by atoms with Crippen molar-refractivity contribution in [2.75, 3.05) is 26.2 Å². The Labute approximate surface area is 114 Å². The van der Waals surface area contributed by atoms with E-state index in [0.717, 1.165) is 32.5 Å². The van der Waals surface area contributed by atoms with Gasteiger partial charge in [-0.15, -0.1) is 0 Å². The molecule has 2 rings (SSSR count). The Bertz CT molecular complexity index is 368. The van der Waals surface area contributed by atoms with Crippen LogP contribution in [0, 0.1) is 11.8 Å². The van der Waals surface area contributed by atoms with E-state index in [-0.39, 0.29) is 11.7 Å². The molecule has 0 radical (unpaired) electrons. The highest BCUT2D eigenvalue weighted by molar-refractivity contribution is 6.01. The van der Waals surface area contributed by atoms with E-state index < -0.39 is 5.92 Å². The molecule has 1 saturated carbocycles. The SMILES string of the molecule is CC1CCC(C(=O)NCCCN2C=NCC2)C(=O)C1. The van der Waals surface area contributed by atoms with E-state index in [0.29, 0.717) is 25.3 Å². The minimum Gasteiger partial charge on any atom is -0.361 e. The van der Waals surface area contributed by atoms with Crippen LogP contribution < -0.4 is 5.32 Å².